The maximum atomic E-state index is 9.47. The van der Waals surface area contributed by atoms with E-state index in [0.717, 1.165) is 16.2 Å². The van der Waals surface area contributed by atoms with Gasteiger partial charge in [-0.25, -0.2) is 0 Å². The Morgan fingerprint density at radius 1 is 1.46 bits per heavy atom. The van der Waals surface area contributed by atoms with Gasteiger partial charge in [0.1, 0.15) is 5.75 Å². The van der Waals surface area contributed by atoms with Crippen molar-refractivity contribution in [3.8, 4) is 5.75 Å². The molecular weight excluding hydrogens is 184 g/mol. The van der Waals surface area contributed by atoms with Crippen LogP contribution in [0.4, 0.5) is 0 Å². The summed E-state index contributed by atoms with van der Waals surface area (Å²) in [6.07, 6.45) is 1.51. The molecule has 0 saturated carbocycles. The van der Waals surface area contributed by atoms with Crippen molar-refractivity contribution in [2.24, 2.45) is 0 Å². The van der Waals surface area contributed by atoms with Crippen LogP contribution in [0.3, 0.4) is 0 Å². The molecule has 0 amide bonds. The summed E-state index contributed by atoms with van der Waals surface area (Å²) in [5, 5.41) is 9.47. The van der Waals surface area contributed by atoms with E-state index in [2.05, 4.69) is 0 Å². The van der Waals surface area contributed by atoms with E-state index in [1.165, 1.54) is 0 Å². The van der Waals surface area contributed by atoms with Gasteiger partial charge in [0, 0.05) is 10.5 Å². The second-order valence-electron chi connectivity index (χ2n) is 2.76. The molecule has 0 aliphatic rings. The van der Waals surface area contributed by atoms with Crippen LogP contribution in [0.5, 0.6) is 5.75 Å². The lowest BCUT2D eigenvalue weighted by molar-refractivity contribution is 0.193. The number of methoxy groups -OCH3 is 1. The summed E-state index contributed by atoms with van der Waals surface area (Å²) >= 11 is 1.62. The standard InChI is InChI=1S/C10H14O2S/c1-7(11)8-5-4-6-9(13-3)10(8)12-2/h4-7,11H,1-3H3. The molecule has 0 aromatic heterocycles. The Morgan fingerprint density at radius 2 is 2.15 bits per heavy atom. The molecule has 13 heavy (non-hydrogen) atoms. The number of benzene rings is 1. The molecule has 1 N–H and O–H groups in total. The minimum Gasteiger partial charge on any atom is -0.495 e. The lowest BCUT2D eigenvalue weighted by atomic mass is 10.1. The Bertz CT molecular complexity index is 284. The lowest BCUT2D eigenvalue weighted by Gasteiger charge is -2.13. The predicted octanol–water partition coefficient (Wildman–Crippen LogP) is 2.47. The van der Waals surface area contributed by atoms with E-state index < -0.39 is 6.10 Å². The number of rotatable bonds is 3. The van der Waals surface area contributed by atoms with Gasteiger partial charge < -0.3 is 9.84 Å². The molecule has 0 spiro atoms. The maximum Gasteiger partial charge on any atom is 0.138 e. The van der Waals surface area contributed by atoms with Crippen LogP contribution in [-0.4, -0.2) is 18.5 Å². The molecule has 0 radical (unpaired) electrons. The van der Waals surface area contributed by atoms with Crippen molar-refractivity contribution < 1.29 is 9.84 Å². The highest BCUT2D eigenvalue weighted by Crippen LogP contribution is 2.34. The van der Waals surface area contributed by atoms with Crippen LogP contribution >= 0.6 is 11.8 Å². The van der Waals surface area contributed by atoms with Gasteiger partial charge in [-0.1, -0.05) is 12.1 Å². The Balaban J connectivity index is 3.19. The fourth-order valence-electron chi connectivity index (χ4n) is 1.24. The maximum absolute atomic E-state index is 9.47. The smallest absolute Gasteiger partial charge is 0.138 e. The molecule has 1 atom stereocenters. The summed E-state index contributed by atoms with van der Waals surface area (Å²) in [5.74, 6) is 0.782. The molecule has 2 nitrogen and oxygen atoms in total. The van der Waals surface area contributed by atoms with Crippen LogP contribution in [-0.2, 0) is 0 Å². The first-order valence-electron chi connectivity index (χ1n) is 4.09. The SMILES string of the molecule is COc1c(SC)cccc1C(C)O. The number of aliphatic hydroxyl groups excluding tert-OH is 1. The average molecular weight is 198 g/mol. The fourth-order valence-corrected chi connectivity index (χ4v) is 1.84. The second-order valence-corrected chi connectivity index (χ2v) is 3.61. The first-order chi connectivity index (χ1) is 6.20. The van der Waals surface area contributed by atoms with Crippen molar-refractivity contribution in [3.63, 3.8) is 0 Å². The molecule has 0 aliphatic heterocycles. The van der Waals surface area contributed by atoms with Crippen molar-refractivity contribution in [3.05, 3.63) is 23.8 Å². The highest BCUT2D eigenvalue weighted by molar-refractivity contribution is 7.98. The van der Waals surface area contributed by atoms with Crippen LogP contribution in [0.25, 0.3) is 0 Å². The van der Waals surface area contributed by atoms with E-state index in [1.54, 1.807) is 25.8 Å². The number of ether oxygens (including phenoxy) is 1. The van der Waals surface area contributed by atoms with Crippen LogP contribution in [0, 0.1) is 0 Å². The van der Waals surface area contributed by atoms with Gasteiger partial charge in [0.2, 0.25) is 0 Å². The summed E-state index contributed by atoms with van der Waals surface area (Å²) < 4.78 is 5.25. The van der Waals surface area contributed by atoms with E-state index >= 15 is 0 Å². The highest BCUT2D eigenvalue weighted by atomic mass is 32.2. The van der Waals surface area contributed by atoms with Crippen molar-refractivity contribution >= 4 is 11.8 Å². The van der Waals surface area contributed by atoms with Crippen molar-refractivity contribution in [2.45, 2.75) is 17.9 Å². The van der Waals surface area contributed by atoms with Crippen LogP contribution in [0.1, 0.15) is 18.6 Å². The molecule has 1 aromatic carbocycles. The fraction of sp³-hybridized carbons (Fsp3) is 0.400. The Hall–Kier alpha value is -0.670. The van der Waals surface area contributed by atoms with E-state index in [9.17, 15) is 5.11 Å². The minimum atomic E-state index is -0.484. The van der Waals surface area contributed by atoms with Crippen LogP contribution < -0.4 is 4.74 Å². The summed E-state index contributed by atoms with van der Waals surface area (Å²) in [5.41, 5.74) is 0.842. The van der Waals surface area contributed by atoms with Gasteiger partial charge in [-0.3, -0.25) is 0 Å². The molecular formula is C10H14O2S. The lowest BCUT2D eigenvalue weighted by Crippen LogP contribution is -1.97. The molecule has 72 valence electrons. The van der Waals surface area contributed by atoms with Gasteiger partial charge in [-0.05, 0) is 19.2 Å². The molecule has 1 rings (SSSR count). The van der Waals surface area contributed by atoms with E-state index in [1.807, 2.05) is 24.5 Å². The first kappa shape index (κ1) is 10.4. The number of para-hydroxylation sites is 1. The third kappa shape index (κ3) is 2.17. The molecule has 0 saturated heterocycles. The number of hydrogen-bond donors (Lipinski definition) is 1. The van der Waals surface area contributed by atoms with E-state index in [0.29, 0.717) is 0 Å². The average Bonchev–Trinajstić information content (AvgIpc) is 2.16. The zero-order chi connectivity index (χ0) is 9.84. The van der Waals surface area contributed by atoms with Crippen LogP contribution in [0.2, 0.25) is 0 Å². The van der Waals surface area contributed by atoms with E-state index in [4.69, 9.17) is 4.74 Å². The van der Waals surface area contributed by atoms with Crippen LogP contribution in [0.15, 0.2) is 23.1 Å². The van der Waals surface area contributed by atoms with Gasteiger partial charge in [-0.2, -0.15) is 0 Å². The Morgan fingerprint density at radius 3 is 2.62 bits per heavy atom. The van der Waals surface area contributed by atoms with Crippen molar-refractivity contribution in [1.29, 1.82) is 0 Å². The van der Waals surface area contributed by atoms with Gasteiger partial charge in [0.25, 0.3) is 0 Å². The first-order valence-corrected chi connectivity index (χ1v) is 5.32. The molecule has 0 heterocycles. The molecule has 0 bridgehead atoms. The van der Waals surface area contributed by atoms with Gasteiger partial charge in [0.15, 0.2) is 0 Å². The molecule has 0 fully saturated rings. The predicted molar refractivity (Wildman–Crippen MR) is 55.4 cm³/mol. The Kier molecular flexibility index (Phi) is 3.63. The second kappa shape index (κ2) is 4.53. The third-order valence-electron chi connectivity index (χ3n) is 1.88. The summed E-state index contributed by atoms with van der Waals surface area (Å²) in [7, 11) is 1.63. The van der Waals surface area contributed by atoms with E-state index in [-0.39, 0.29) is 0 Å². The minimum absolute atomic E-state index is 0.484. The van der Waals surface area contributed by atoms with Gasteiger partial charge in [-0.15, -0.1) is 11.8 Å². The zero-order valence-corrected chi connectivity index (χ0v) is 8.89. The molecule has 1 unspecified atom stereocenters. The summed E-state index contributed by atoms with van der Waals surface area (Å²) in [6, 6.07) is 5.79. The normalized spacial score (nSPS) is 12.6. The van der Waals surface area contributed by atoms with Crippen molar-refractivity contribution in [2.75, 3.05) is 13.4 Å². The number of aliphatic hydroxyl groups is 1. The molecule has 3 heteroatoms. The summed E-state index contributed by atoms with van der Waals surface area (Å²) in [4.78, 5) is 1.06. The quantitative estimate of drug-likeness (QED) is 0.757. The number of thioether (sulfide) groups is 1. The van der Waals surface area contributed by atoms with Gasteiger partial charge >= 0.3 is 0 Å². The number of hydrogen-bond acceptors (Lipinski definition) is 3. The third-order valence-corrected chi connectivity index (χ3v) is 2.64. The Labute approximate surface area is 82.9 Å². The largest absolute Gasteiger partial charge is 0.495 e. The molecule has 1 aromatic rings. The van der Waals surface area contributed by atoms with Crippen molar-refractivity contribution in [1.82, 2.24) is 0 Å². The van der Waals surface area contributed by atoms with Gasteiger partial charge in [0.05, 0.1) is 13.2 Å². The topological polar surface area (TPSA) is 29.5 Å². The molecule has 0 aliphatic carbocycles. The highest BCUT2D eigenvalue weighted by Gasteiger charge is 2.11. The summed E-state index contributed by atoms with van der Waals surface area (Å²) in [6.45, 7) is 1.74. The zero-order valence-electron chi connectivity index (χ0n) is 8.07. The monoisotopic (exact) mass is 198 g/mol.